The molecule has 0 saturated carbocycles. The van der Waals surface area contributed by atoms with Gasteiger partial charge in [-0.25, -0.2) is 13.9 Å². The van der Waals surface area contributed by atoms with Crippen molar-refractivity contribution in [2.45, 2.75) is 44.1 Å². The number of carbonyl (C=O) groups is 2. The monoisotopic (exact) mass is 398 g/mol. The van der Waals surface area contributed by atoms with E-state index in [9.17, 15) is 23.1 Å². The Morgan fingerprint density at radius 1 is 1.19 bits per heavy atom. The van der Waals surface area contributed by atoms with Crippen LogP contribution in [0, 0.1) is 5.92 Å². The van der Waals surface area contributed by atoms with E-state index in [0.717, 1.165) is 0 Å². The van der Waals surface area contributed by atoms with Gasteiger partial charge in [0, 0.05) is 18.5 Å². The topological polar surface area (TPSA) is 133 Å². The molecule has 9 heteroatoms. The molecular formula is C18H26N2O6S. The SMILES string of the molecule is CC(C)CC(=O)Nc1ccc(S(=O)(=O)CC=CCC(C)(O)C(=O)NO)cc1. The smallest absolute Gasteiger partial charge is 0.275 e. The number of rotatable bonds is 9. The summed E-state index contributed by atoms with van der Waals surface area (Å²) in [5.74, 6) is -1.21. The van der Waals surface area contributed by atoms with Crippen LogP contribution in [0.15, 0.2) is 41.3 Å². The van der Waals surface area contributed by atoms with Crippen molar-refractivity contribution in [1.82, 2.24) is 5.48 Å². The van der Waals surface area contributed by atoms with Crippen molar-refractivity contribution in [2.24, 2.45) is 5.92 Å². The van der Waals surface area contributed by atoms with E-state index in [-0.39, 0.29) is 28.9 Å². The molecule has 0 heterocycles. The minimum atomic E-state index is -3.60. The largest absolute Gasteiger partial charge is 0.380 e. The summed E-state index contributed by atoms with van der Waals surface area (Å²) >= 11 is 0. The summed E-state index contributed by atoms with van der Waals surface area (Å²) in [6.07, 6.45) is 2.90. The predicted octanol–water partition coefficient (Wildman–Crippen LogP) is 1.65. The number of aliphatic hydroxyl groups is 1. The number of anilines is 1. The molecule has 4 N–H and O–H groups in total. The van der Waals surface area contributed by atoms with Crippen molar-refractivity contribution in [1.29, 1.82) is 0 Å². The maximum Gasteiger partial charge on any atom is 0.275 e. The van der Waals surface area contributed by atoms with Crippen LogP contribution in [0.5, 0.6) is 0 Å². The molecule has 1 atom stereocenters. The molecule has 0 fully saturated rings. The summed E-state index contributed by atoms with van der Waals surface area (Å²) in [6, 6.07) is 5.85. The fraction of sp³-hybridized carbons (Fsp3) is 0.444. The lowest BCUT2D eigenvalue weighted by Gasteiger charge is -2.18. The Bertz CT molecular complexity index is 783. The predicted molar refractivity (Wildman–Crippen MR) is 101 cm³/mol. The van der Waals surface area contributed by atoms with Gasteiger partial charge in [-0.15, -0.1) is 0 Å². The maximum absolute atomic E-state index is 12.3. The fourth-order valence-electron chi connectivity index (χ4n) is 2.15. The zero-order chi connectivity index (χ0) is 20.7. The Kier molecular flexibility index (Phi) is 8.14. The summed E-state index contributed by atoms with van der Waals surface area (Å²) in [5, 5.41) is 21.0. The molecule has 1 unspecified atom stereocenters. The number of carbonyl (C=O) groups excluding carboxylic acids is 2. The van der Waals surface area contributed by atoms with Gasteiger partial charge in [-0.3, -0.25) is 14.8 Å². The van der Waals surface area contributed by atoms with Gasteiger partial charge in [0.1, 0.15) is 5.60 Å². The number of benzene rings is 1. The Hall–Kier alpha value is -2.23. The Balaban J connectivity index is 2.69. The Labute approximate surface area is 159 Å². The molecule has 1 rings (SSSR count). The zero-order valence-electron chi connectivity index (χ0n) is 15.6. The number of hydrogen-bond donors (Lipinski definition) is 4. The van der Waals surface area contributed by atoms with Crippen LogP contribution in [0.2, 0.25) is 0 Å². The highest BCUT2D eigenvalue weighted by atomic mass is 32.2. The minimum absolute atomic E-state index is 0.0915. The summed E-state index contributed by atoms with van der Waals surface area (Å²) in [7, 11) is -3.60. The average Bonchev–Trinajstić information content (AvgIpc) is 2.57. The van der Waals surface area contributed by atoms with Crippen molar-refractivity contribution < 1.29 is 28.3 Å². The van der Waals surface area contributed by atoms with Crippen molar-refractivity contribution in [3.8, 4) is 0 Å². The van der Waals surface area contributed by atoms with E-state index in [2.05, 4.69) is 5.32 Å². The highest BCUT2D eigenvalue weighted by Gasteiger charge is 2.28. The maximum atomic E-state index is 12.3. The van der Waals surface area contributed by atoms with Crippen LogP contribution in [0.25, 0.3) is 0 Å². The quantitative estimate of drug-likeness (QED) is 0.284. The molecule has 0 spiro atoms. The molecule has 150 valence electrons. The van der Waals surface area contributed by atoms with Gasteiger partial charge in [0.25, 0.3) is 5.91 Å². The molecule has 2 amide bonds. The van der Waals surface area contributed by atoms with Crippen LogP contribution >= 0.6 is 0 Å². The second-order valence-corrected chi connectivity index (χ2v) is 8.88. The third-order valence-electron chi connectivity index (χ3n) is 3.68. The van der Waals surface area contributed by atoms with E-state index in [1.807, 2.05) is 13.8 Å². The van der Waals surface area contributed by atoms with E-state index < -0.39 is 21.3 Å². The first-order valence-corrected chi connectivity index (χ1v) is 10.1. The molecule has 0 saturated heterocycles. The van der Waals surface area contributed by atoms with Crippen LogP contribution in [-0.2, 0) is 19.4 Å². The second kappa shape index (κ2) is 9.63. The van der Waals surface area contributed by atoms with E-state index in [0.29, 0.717) is 12.1 Å². The molecule has 27 heavy (non-hydrogen) atoms. The van der Waals surface area contributed by atoms with Crippen LogP contribution < -0.4 is 10.8 Å². The molecule has 1 aromatic carbocycles. The minimum Gasteiger partial charge on any atom is -0.380 e. The lowest BCUT2D eigenvalue weighted by atomic mass is 10.0. The van der Waals surface area contributed by atoms with Crippen LogP contribution in [0.3, 0.4) is 0 Å². The summed E-state index contributed by atoms with van der Waals surface area (Å²) in [6.45, 7) is 5.06. The Morgan fingerprint density at radius 3 is 2.30 bits per heavy atom. The van der Waals surface area contributed by atoms with Gasteiger partial charge in [-0.2, -0.15) is 0 Å². The second-order valence-electron chi connectivity index (χ2n) is 6.84. The van der Waals surface area contributed by atoms with Crippen molar-refractivity contribution >= 4 is 27.3 Å². The Morgan fingerprint density at radius 2 is 1.78 bits per heavy atom. The van der Waals surface area contributed by atoms with Gasteiger partial charge in [-0.05, 0) is 37.1 Å². The standard InChI is InChI=1S/C18H26N2O6S/c1-13(2)12-16(21)19-14-6-8-15(9-7-14)27(25,26)11-5-4-10-18(3,23)17(22)20-24/h4-9,13,23-24H,10-12H2,1-3H3,(H,19,21)(H,20,22). The van der Waals surface area contributed by atoms with Crippen molar-refractivity contribution in [2.75, 3.05) is 11.1 Å². The molecule has 8 nitrogen and oxygen atoms in total. The lowest BCUT2D eigenvalue weighted by Crippen LogP contribution is -2.42. The van der Waals surface area contributed by atoms with Gasteiger partial charge in [-0.1, -0.05) is 26.0 Å². The first kappa shape index (κ1) is 22.8. The molecule has 0 aliphatic carbocycles. The van der Waals surface area contributed by atoms with Gasteiger partial charge >= 0.3 is 0 Å². The number of nitrogens with one attached hydrogen (secondary N) is 2. The average molecular weight is 398 g/mol. The van der Waals surface area contributed by atoms with Gasteiger partial charge in [0.2, 0.25) is 5.91 Å². The molecule has 0 aliphatic rings. The highest BCUT2D eigenvalue weighted by molar-refractivity contribution is 7.91. The van der Waals surface area contributed by atoms with E-state index >= 15 is 0 Å². The number of sulfone groups is 1. The fourth-order valence-corrected chi connectivity index (χ4v) is 3.28. The summed E-state index contributed by atoms with van der Waals surface area (Å²) in [4.78, 5) is 23.0. The third kappa shape index (κ3) is 7.49. The molecule has 0 aliphatic heterocycles. The third-order valence-corrected chi connectivity index (χ3v) is 5.30. The lowest BCUT2D eigenvalue weighted by molar-refractivity contribution is -0.146. The molecule has 0 aromatic heterocycles. The van der Waals surface area contributed by atoms with Gasteiger partial charge in [0.05, 0.1) is 10.6 Å². The first-order chi connectivity index (χ1) is 12.5. The molecule has 1 aromatic rings. The van der Waals surface area contributed by atoms with E-state index in [1.54, 1.807) is 0 Å². The van der Waals surface area contributed by atoms with Crippen LogP contribution in [0.1, 0.15) is 33.6 Å². The van der Waals surface area contributed by atoms with Crippen LogP contribution in [0.4, 0.5) is 5.69 Å². The number of hydroxylamine groups is 1. The normalized spacial score (nSPS) is 14.1. The van der Waals surface area contributed by atoms with E-state index in [4.69, 9.17) is 5.21 Å². The van der Waals surface area contributed by atoms with E-state index in [1.165, 1.54) is 48.8 Å². The van der Waals surface area contributed by atoms with Gasteiger partial charge in [0.15, 0.2) is 9.84 Å². The summed E-state index contributed by atoms with van der Waals surface area (Å²) < 4.78 is 24.6. The number of amides is 2. The number of hydrogen-bond acceptors (Lipinski definition) is 6. The molecular weight excluding hydrogens is 372 g/mol. The molecule has 0 radical (unpaired) electrons. The van der Waals surface area contributed by atoms with Crippen molar-refractivity contribution in [3.63, 3.8) is 0 Å². The summed E-state index contributed by atoms with van der Waals surface area (Å²) in [5.41, 5.74) is 0.0188. The van der Waals surface area contributed by atoms with Crippen LogP contribution in [-0.4, -0.2) is 41.9 Å². The van der Waals surface area contributed by atoms with Gasteiger partial charge < -0.3 is 10.4 Å². The zero-order valence-corrected chi connectivity index (χ0v) is 16.4. The highest BCUT2D eigenvalue weighted by Crippen LogP contribution is 2.17. The molecule has 0 bridgehead atoms. The van der Waals surface area contributed by atoms with Crippen molar-refractivity contribution in [3.05, 3.63) is 36.4 Å². The first-order valence-electron chi connectivity index (χ1n) is 8.42.